The second-order valence-electron chi connectivity index (χ2n) is 7.75. The van der Waals surface area contributed by atoms with Gasteiger partial charge in [-0.15, -0.1) is 0 Å². The average molecular weight is 389 g/mol. The summed E-state index contributed by atoms with van der Waals surface area (Å²) in [6.07, 6.45) is -0.531. The van der Waals surface area contributed by atoms with Crippen LogP contribution in [0.1, 0.15) is 35.9 Å². The highest BCUT2D eigenvalue weighted by Crippen LogP contribution is 2.36. The molecule has 0 unspecified atom stereocenters. The van der Waals surface area contributed by atoms with Gasteiger partial charge in [-0.3, -0.25) is 14.4 Å². The van der Waals surface area contributed by atoms with Gasteiger partial charge in [0.15, 0.2) is 0 Å². The van der Waals surface area contributed by atoms with Crippen LogP contribution in [0.2, 0.25) is 0 Å². The van der Waals surface area contributed by atoms with Crippen molar-refractivity contribution in [1.82, 2.24) is 14.7 Å². The summed E-state index contributed by atoms with van der Waals surface area (Å²) >= 11 is 0. The molecule has 2 heterocycles. The number of hydrogen-bond acceptors (Lipinski definition) is 4. The molecule has 1 aromatic heterocycles. The molecular formula is C21H28FN3O3. The molecular weight excluding hydrogens is 361 g/mol. The summed E-state index contributed by atoms with van der Waals surface area (Å²) in [5.74, 6) is -1.45. The molecule has 1 aliphatic heterocycles. The number of aryl methyl sites for hydroxylation is 2. The Morgan fingerprint density at radius 1 is 1.39 bits per heavy atom. The van der Waals surface area contributed by atoms with E-state index in [2.05, 4.69) is 10.00 Å². The highest BCUT2D eigenvalue weighted by molar-refractivity contribution is 5.76. The Bertz CT molecular complexity index is 867. The number of aliphatic carboxylic acids is 1. The molecule has 0 aliphatic carbocycles. The second kappa shape index (κ2) is 8.01. The first-order valence-corrected chi connectivity index (χ1v) is 9.68. The minimum Gasteiger partial charge on any atom is -0.481 e. The van der Waals surface area contributed by atoms with Crippen LogP contribution in [0.15, 0.2) is 24.3 Å². The van der Waals surface area contributed by atoms with Crippen molar-refractivity contribution in [3.63, 3.8) is 0 Å². The normalized spacial score (nSPS) is 23.1. The summed E-state index contributed by atoms with van der Waals surface area (Å²) in [5, 5.41) is 25.2. The standard InChI is InChI=1S/C21H28FN3O3/c1-4-25-15(3)18(14(2)23-25)12-24-9-8-19(26)21(13-24,20(27)28)11-16-6-5-7-17(22)10-16/h5-7,10,19,26H,4,8-9,11-13H2,1-3H3,(H,27,28)/t19-,21-/m1/s1. The Morgan fingerprint density at radius 2 is 2.14 bits per heavy atom. The van der Waals surface area contributed by atoms with Crippen LogP contribution in [0.5, 0.6) is 0 Å². The van der Waals surface area contributed by atoms with E-state index in [4.69, 9.17) is 0 Å². The molecule has 1 aromatic carbocycles. The SMILES string of the molecule is CCn1nc(C)c(CN2CC[C@@H](O)[C@](Cc3cccc(F)c3)(C(=O)O)C2)c1C. The minimum absolute atomic E-state index is 0.0872. The van der Waals surface area contributed by atoms with E-state index >= 15 is 0 Å². The quantitative estimate of drug-likeness (QED) is 0.794. The summed E-state index contributed by atoms with van der Waals surface area (Å²) in [6.45, 7) is 8.20. The molecule has 28 heavy (non-hydrogen) atoms. The van der Waals surface area contributed by atoms with Gasteiger partial charge in [0, 0.05) is 37.4 Å². The lowest BCUT2D eigenvalue weighted by Crippen LogP contribution is -2.56. The van der Waals surface area contributed by atoms with E-state index in [-0.39, 0.29) is 13.0 Å². The van der Waals surface area contributed by atoms with Crippen LogP contribution in [-0.4, -0.2) is 50.1 Å². The fourth-order valence-corrected chi connectivity index (χ4v) is 4.26. The van der Waals surface area contributed by atoms with E-state index < -0.39 is 23.3 Å². The van der Waals surface area contributed by atoms with Gasteiger partial charge >= 0.3 is 5.97 Å². The molecule has 1 saturated heterocycles. The van der Waals surface area contributed by atoms with Crippen molar-refractivity contribution < 1.29 is 19.4 Å². The Hall–Kier alpha value is -2.25. The van der Waals surface area contributed by atoms with E-state index in [0.717, 1.165) is 23.5 Å². The van der Waals surface area contributed by atoms with Gasteiger partial charge < -0.3 is 10.2 Å². The summed E-state index contributed by atoms with van der Waals surface area (Å²) in [5.41, 5.74) is 2.33. The van der Waals surface area contributed by atoms with E-state index in [1.54, 1.807) is 12.1 Å². The Morgan fingerprint density at radius 3 is 2.75 bits per heavy atom. The molecule has 152 valence electrons. The molecule has 0 radical (unpaired) electrons. The smallest absolute Gasteiger partial charge is 0.313 e. The monoisotopic (exact) mass is 389 g/mol. The van der Waals surface area contributed by atoms with Crippen molar-refractivity contribution in [3.8, 4) is 0 Å². The highest BCUT2D eigenvalue weighted by Gasteiger charge is 2.49. The molecule has 0 saturated carbocycles. The molecule has 2 N–H and O–H groups in total. The lowest BCUT2D eigenvalue weighted by atomic mass is 9.72. The van der Waals surface area contributed by atoms with Crippen LogP contribution in [0.3, 0.4) is 0 Å². The number of benzene rings is 1. The number of rotatable bonds is 6. The number of aliphatic hydroxyl groups excluding tert-OH is 1. The molecule has 7 heteroatoms. The van der Waals surface area contributed by atoms with Crippen LogP contribution in [0, 0.1) is 25.1 Å². The average Bonchev–Trinajstić information content (AvgIpc) is 2.91. The maximum absolute atomic E-state index is 13.6. The number of aliphatic hydroxyl groups is 1. The van der Waals surface area contributed by atoms with Gasteiger partial charge in [0.25, 0.3) is 0 Å². The van der Waals surface area contributed by atoms with Gasteiger partial charge in [0.2, 0.25) is 0 Å². The van der Waals surface area contributed by atoms with Crippen LogP contribution in [0.4, 0.5) is 4.39 Å². The number of carbonyl (C=O) groups is 1. The van der Waals surface area contributed by atoms with Crippen LogP contribution in [-0.2, 0) is 24.3 Å². The number of likely N-dealkylation sites (tertiary alicyclic amines) is 1. The molecule has 0 bridgehead atoms. The maximum Gasteiger partial charge on any atom is 0.313 e. The van der Waals surface area contributed by atoms with Crippen LogP contribution >= 0.6 is 0 Å². The topological polar surface area (TPSA) is 78.6 Å². The largest absolute Gasteiger partial charge is 0.481 e. The van der Waals surface area contributed by atoms with E-state index in [1.807, 2.05) is 25.5 Å². The molecule has 1 fully saturated rings. The number of carboxylic acid groups (broad SMARTS) is 1. The van der Waals surface area contributed by atoms with E-state index in [0.29, 0.717) is 25.1 Å². The van der Waals surface area contributed by atoms with Crippen molar-refractivity contribution >= 4 is 5.97 Å². The van der Waals surface area contributed by atoms with E-state index in [9.17, 15) is 19.4 Å². The lowest BCUT2D eigenvalue weighted by molar-refractivity contribution is -0.163. The Labute approximate surface area is 164 Å². The Balaban J connectivity index is 1.87. The number of nitrogens with zero attached hydrogens (tertiary/aromatic N) is 3. The molecule has 1 aliphatic rings. The summed E-state index contributed by atoms with van der Waals surface area (Å²) in [6, 6.07) is 5.95. The van der Waals surface area contributed by atoms with Gasteiger partial charge in [-0.05, 0) is 51.3 Å². The van der Waals surface area contributed by atoms with Gasteiger partial charge in [-0.1, -0.05) is 12.1 Å². The molecule has 0 amide bonds. The minimum atomic E-state index is -1.37. The van der Waals surface area contributed by atoms with Crippen LogP contribution in [0.25, 0.3) is 0 Å². The zero-order valence-electron chi connectivity index (χ0n) is 16.7. The predicted octanol–water partition coefficient (Wildman–Crippen LogP) is 2.54. The third kappa shape index (κ3) is 3.82. The maximum atomic E-state index is 13.6. The first-order valence-electron chi connectivity index (χ1n) is 9.68. The number of piperidine rings is 1. The summed E-state index contributed by atoms with van der Waals surface area (Å²) in [4.78, 5) is 14.3. The molecule has 2 atom stereocenters. The fraction of sp³-hybridized carbons (Fsp3) is 0.524. The van der Waals surface area contributed by atoms with Gasteiger partial charge in [0.05, 0.1) is 11.8 Å². The number of carboxylic acids is 1. The van der Waals surface area contributed by atoms with Gasteiger partial charge in [-0.2, -0.15) is 5.10 Å². The highest BCUT2D eigenvalue weighted by atomic mass is 19.1. The third-order valence-electron chi connectivity index (χ3n) is 5.91. The zero-order valence-corrected chi connectivity index (χ0v) is 16.7. The van der Waals surface area contributed by atoms with Crippen molar-refractivity contribution in [2.24, 2.45) is 5.41 Å². The van der Waals surface area contributed by atoms with Gasteiger partial charge in [0.1, 0.15) is 11.2 Å². The Kier molecular flexibility index (Phi) is 5.86. The summed E-state index contributed by atoms with van der Waals surface area (Å²) < 4.78 is 15.5. The molecule has 3 rings (SSSR count). The lowest BCUT2D eigenvalue weighted by Gasteiger charge is -2.43. The molecule has 6 nitrogen and oxygen atoms in total. The predicted molar refractivity (Wildman–Crippen MR) is 103 cm³/mol. The summed E-state index contributed by atoms with van der Waals surface area (Å²) in [7, 11) is 0. The first-order chi connectivity index (χ1) is 13.3. The van der Waals surface area contributed by atoms with Crippen molar-refractivity contribution in [1.29, 1.82) is 0 Å². The molecule has 2 aromatic rings. The van der Waals surface area contributed by atoms with Crippen LogP contribution < -0.4 is 0 Å². The van der Waals surface area contributed by atoms with Crippen molar-refractivity contribution in [2.45, 2.75) is 52.8 Å². The third-order valence-corrected chi connectivity index (χ3v) is 5.91. The second-order valence-corrected chi connectivity index (χ2v) is 7.75. The van der Waals surface area contributed by atoms with Crippen molar-refractivity contribution in [3.05, 3.63) is 52.6 Å². The number of halogens is 1. The number of hydrogen-bond donors (Lipinski definition) is 2. The fourth-order valence-electron chi connectivity index (χ4n) is 4.26. The van der Waals surface area contributed by atoms with E-state index in [1.165, 1.54) is 12.1 Å². The zero-order chi connectivity index (χ0) is 20.5. The van der Waals surface area contributed by atoms with Crippen molar-refractivity contribution in [2.75, 3.05) is 13.1 Å². The molecule has 0 spiro atoms. The number of aromatic nitrogens is 2. The first kappa shape index (κ1) is 20.5. The van der Waals surface area contributed by atoms with Gasteiger partial charge in [-0.25, -0.2) is 4.39 Å².